The summed E-state index contributed by atoms with van der Waals surface area (Å²) in [7, 11) is 0. The van der Waals surface area contributed by atoms with Crippen LogP contribution in [0.3, 0.4) is 0 Å². The molecule has 0 spiro atoms. The average molecular weight is 295 g/mol. The van der Waals surface area contributed by atoms with Crippen LogP contribution >= 0.6 is 0 Å². The number of hydrogen-bond donors (Lipinski definition) is 4. The highest BCUT2D eigenvalue weighted by molar-refractivity contribution is 5.65. The predicted molar refractivity (Wildman–Crippen MR) is 76.7 cm³/mol. The Morgan fingerprint density at radius 1 is 1.67 bits per heavy atom. The first-order chi connectivity index (χ1) is 9.86. The molecule has 0 aromatic carbocycles. The standard InChI is InChI=1S/C14H21N3O4/c1-3-12-14(2,20)11(17-13(18)19)6-10(21-12)8-4-5-16-7-9(8)15/h4-5,7,10-12,17,20H,3,6,15H2,1-2H3,(H,18,19)/t10-,11-,12-,14+/m1/s1. The molecule has 4 atom stereocenters. The number of ether oxygens (including phenoxy) is 1. The number of nitrogens with one attached hydrogen (secondary N) is 1. The van der Waals surface area contributed by atoms with Gasteiger partial charge >= 0.3 is 6.09 Å². The van der Waals surface area contributed by atoms with Gasteiger partial charge in [0.25, 0.3) is 0 Å². The minimum Gasteiger partial charge on any atom is -0.465 e. The molecule has 1 amide bonds. The average Bonchev–Trinajstić information content (AvgIpc) is 2.41. The van der Waals surface area contributed by atoms with Crippen LogP contribution in [0.2, 0.25) is 0 Å². The van der Waals surface area contributed by atoms with Gasteiger partial charge in [-0.15, -0.1) is 0 Å². The van der Waals surface area contributed by atoms with Gasteiger partial charge in [-0.1, -0.05) is 6.92 Å². The first-order valence-corrected chi connectivity index (χ1v) is 6.93. The van der Waals surface area contributed by atoms with Crippen LogP contribution < -0.4 is 11.1 Å². The van der Waals surface area contributed by atoms with Crippen LogP contribution in [0.1, 0.15) is 38.4 Å². The lowest BCUT2D eigenvalue weighted by Crippen LogP contribution is -2.61. The number of rotatable bonds is 3. The molecule has 1 saturated heterocycles. The van der Waals surface area contributed by atoms with E-state index in [1.807, 2.05) is 6.92 Å². The zero-order chi connectivity index (χ0) is 15.6. The van der Waals surface area contributed by atoms with Gasteiger partial charge in [0.15, 0.2) is 0 Å². The van der Waals surface area contributed by atoms with Crippen molar-refractivity contribution in [3.8, 4) is 0 Å². The Bertz CT molecular complexity index is 521. The van der Waals surface area contributed by atoms with Crippen molar-refractivity contribution in [2.45, 2.75) is 50.5 Å². The number of nitrogens with zero attached hydrogens (tertiary/aromatic N) is 1. The number of aromatic nitrogens is 1. The molecule has 1 aliphatic rings. The highest BCUT2D eigenvalue weighted by Crippen LogP contribution is 2.39. The van der Waals surface area contributed by atoms with E-state index in [1.54, 1.807) is 19.2 Å². The van der Waals surface area contributed by atoms with Crippen molar-refractivity contribution in [1.82, 2.24) is 10.3 Å². The quantitative estimate of drug-likeness (QED) is 0.667. The third kappa shape index (κ3) is 3.08. The van der Waals surface area contributed by atoms with Crippen molar-refractivity contribution in [1.29, 1.82) is 0 Å². The molecule has 0 bridgehead atoms. The van der Waals surface area contributed by atoms with Gasteiger partial charge in [-0.2, -0.15) is 0 Å². The Kier molecular flexibility index (Phi) is 4.34. The smallest absolute Gasteiger partial charge is 0.404 e. The van der Waals surface area contributed by atoms with Crippen molar-refractivity contribution in [2.24, 2.45) is 0 Å². The summed E-state index contributed by atoms with van der Waals surface area (Å²) in [4.78, 5) is 14.9. The number of pyridine rings is 1. The number of nitrogens with two attached hydrogens (primary N) is 1. The lowest BCUT2D eigenvalue weighted by molar-refractivity contribution is -0.184. The Hall–Kier alpha value is -1.86. The predicted octanol–water partition coefficient (Wildman–Crippen LogP) is 1.29. The van der Waals surface area contributed by atoms with E-state index >= 15 is 0 Å². The van der Waals surface area contributed by atoms with Gasteiger partial charge in [0.2, 0.25) is 0 Å². The summed E-state index contributed by atoms with van der Waals surface area (Å²) in [5, 5.41) is 21.9. The number of anilines is 1. The molecular formula is C14H21N3O4. The van der Waals surface area contributed by atoms with Crippen LogP contribution in [0.15, 0.2) is 18.5 Å². The molecule has 1 fully saturated rings. The van der Waals surface area contributed by atoms with Gasteiger partial charge in [0.05, 0.1) is 30.1 Å². The lowest BCUT2D eigenvalue weighted by atomic mass is 9.81. The van der Waals surface area contributed by atoms with Gasteiger partial charge in [0, 0.05) is 18.2 Å². The van der Waals surface area contributed by atoms with Crippen LogP contribution in [-0.4, -0.2) is 39.0 Å². The second-order valence-electron chi connectivity index (χ2n) is 5.49. The first kappa shape index (κ1) is 15.5. The van der Waals surface area contributed by atoms with Crippen LogP contribution in [-0.2, 0) is 4.74 Å². The van der Waals surface area contributed by atoms with E-state index in [0.717, 1.165) is 5.56 Å². The molecule has 116 valence electrons. The molecule has 0 radical (unpaired) electrons. The minimum atomic E-state index is -1.27. The normalized spacial score (nSPS) is 32.6. The lowest BCUT2D eigenvalue weighted by Gasteiger charge is -2.46. The summed E-state index contributed by atoms with van der Waals surface area (Å²) in [6.07, 6.45) is 1.99. The summed E-state index contributed by atoms with van der Waals surface area (Å²) in [5.41, 5.74) is 5.89. The number of carboxylic acid groups (broad SMARTS) is 1. The minimum absolute atomic E-state index is 0.310. The van der Waals surface area contributed by atoms with E-state index in [-0.39, 0.29) is 6.10 Å². The maximum Gasteiger partial charge on any atom is 0.404 e. The molecule has 7 heteroatoms. The summed E-state index contributed by atoms with van der Waals surface area (Å²) >= 11 is 0. The van der Waals surface area contributed by atoms with E-state index in [2.05, 4.69) is 10.3 Å². The Labute approximate surface area is 123 Å². The van der Waals surface area contributed by atoms with Gasteiger partial charge in [-0.25, -0.2) is 4.79 Å². The fraction of sp³-hybridized carbons (Fsp3) is 0.571. The van der Waals surface area contributed by atoms with E-state index in [0.29, 0.717) is 18.5 Å². The van der Waals surface area contributed by atoms with Crippen LogP contribution in [0, 0.1) is 0 Å². The second kappa shape index (κ2) is 5.87. The summed E-state index contributed by atoms with van der Waals surface area (Å²) in [5.74, 6) is 0. The molecule has 2 heterocycles. The van der Waals surface area contributed by atoms with Crippen LogP contribution in [0.25, 0.3) is 0 Å². The molecule has 7 nitrogen and oxygen atoms in total. The number of hydrogen-bond acceptors (Lipinski definition) is 5. The Balaban J connectivity index is 2.30. The van der Waals surface area contributed by atoms with Crippen molar-refractivity contribution >= 4 is 11.8 Å². The van der Waals surface area contributed by atoms with Crippen LogP contribution in [0.4, 0.5) is 10.5 Å². The van der Waals surface area contributed by atoms with E-state index in [9.17, 15) is 9.90 Å². The fourth-order valence-electron chi connectivity index (χ4n) is 2.84. The largest absolute Gasteiger partial charge is 0.465 e. The van der Waals surface area contributed by atoms with Gasteiger partial charge in [-0.05, 0) is 19.4 Å². The highest BCUT2D eigenvalue weighted by atomic mass is 16.5. The van der Waals surface area contributed by atoms with Crippen molar-refractivity contribution < 1.29 is 19.7 Å². The molecule has 0 aliphatic carbocycles. The zero-order valence-corrected chi connectivity index (χ0v) is 12.1. The molecule has 2 rings (SSSR count). The third-order valence-electron chi connectivity index (χ3n) is 4.04. The van der Waals surface area contributed by atoms with Crippen molar-refractivity contribution in [2.75, 3.05) is 5.73 Å². The van der Waals surface area contributed by atoms with Crippen molar-refractivity contribution in [3.63, 3.8) is 0 Å². The maximum atomic E-state index is 11.0. The molecule has 0 unspecified atom stereocenters. The van der Waals surface area contributed by atoms with Gasteiger partial charge in [0.1, 0.15) is 5.60 Å². The number of amides is 1. The second-order valence-corrected chi connectivity index (χ2v) is 5.49. The monoisotopic (exact) mass is 295 g/mol. The highest BCUT2D eigenvalue weighted by Gasteiger charge is 2.47. The molecule has 21 heavy (non-hydrogen) atoms. The summed E-state index contributed by atoms with van der Waals surface area (Å²) < 4.78 is 5.94. The first-order valence-electron chi connectivity index (χ1n) is 6.93. The Morgan fingerprint density at radius 2 is 2.38 bits per heavy atom. The molecule has 1 aliphatic heterocycles. The fourth-order valence-corrected chi connectivity index (χ4v) is 2.84. The molecular weight excluding hydrogens is 274 g/mol. The zero-order valence-electron chi connectivity index (χ0n) is 12.1. The maximum absolute atomic E-state index is 11.0. The topological polar surface area (TPSA) is 118 Å². The van der Waals surface area contributed by atoms with Gasteiger partial charge in [-0.3, -0.25) is 4.98 Å². The third-order valence-corrected chi connectivity index (χ3v) is 4.04. The molecule has 1 aromatic rings. The Morgan fingerprint density at radius 3 is 2.95 bits per heavy atom. The van der Waals surface area contributed by atoms with E-state index in [4.69, 9.17) is 15.6 Å². The number of carbonyl (C=O) groups is 1. The van der Waals surface area contributed by atoms with Gasteiger partial charge < -0.3 is 26.0 Å². The van der Waals surface area contributed by atoms with Crippen LogP contribution in [0.5, 0.6) is 0 Å². The summed E-state index contributed by atoms with van der Waals surface area (Å²) in [6, 6.07) is 1.12. The van der Waals surface area contributed by atoms with E-state index < -0.39 is 23.8 Å². The molecule has 5 N–H and O–H groups in total. The summed E-state index contributed by atoms with van der Waals surface area (Å²) in [6.45, 7) is 3.48. The molecule has 1 aromatic heterocycles. The number of nitrogen functional groups attached to an aromatic ring is 1. The SMILES string of the molecule is CC[C@H]1O[C@@H](c2ccncc2N)C[C@@H](NC(=O)O)[C@]1(C)O. The molecule has 0 saturated carbocycles. The number of aliphatic hydroxyl groups is 1. The van der Waals surface area contributed by atoms with Crippen molar-refractivity contribution in [3.05, 3.63) is 24.0 Å². The van der Waals surface area contributed by atoms with E-state index in [1.165, 1.54) is 6.20 Å².